The first-order valence-corrected chi connectivity index (χ1v) is 3.94. The van der Waals surface area contributed by atoms with E-state index in [0.29, 0.717) is 12.2 Å². The Morgan fingerprint density at radius 2 is 2.15 bits per heavy atom. The van der Waals surface area contributed by atoms with Crippen molar-refractivity contribution in [3.63, 3.8) is 0 Å². The summed E-state index contributed by atoms with van der Waals surface area (Å²) < 4.78 is 4.75. The largest absolute Gasteiger partial charge is 0.466 e. The molecule has 2 radical (unpaired) electrons. The molecule has 0 saturated carbocycles. The van der Waals surface area contributed by atoms with Gasteiger partial charge in [0.2, 0.25) is 0 Å². The zero-order valence-electron chi connectivity index (χ0n) is 7.36. The van der Waals surface area contributed by atoms with Crippen LogP contribution in [-0.2, 0) is 16.0 Å². The Hall–Kier alpha value is -1.39. The lowest BCUT2D eigenvalue weighted by Gasteiger charge is -2.00. The molecule has 0 unspecified atom stereocenters. The molecule has 0 fully saturated rings. The number of nitrogens with zero attached hydrogens (tertiary/aromatic N) is 2. The summed E-state index contributed by atoms with van der Waals surface area (Å²) in [5, 5.41) is 0. The van der Waals surface area contributed by atoms with E-state index in [1.54, 1.807) is 6.92 Å². The van der Waals surface area contributed by atoms with Crippen LogP contribution in [0, 0.1) is 0 Å². The van der Waals surface area contributed by atoms with Gasteiger partial charge in [-0.25, -0.2) is 0 Å². The number of carbonyl (C=O) groups excluding carboxylic acids is 1. The number of aromatic nitrogens is 2. The number of esters is 1. The van der Waals surface area contributed by atoms with Crippen LogP contribution < -0.4 is 5.72 Å². The topological polar surface area (TPSA) is 52.1 Å². The number of hydrogen-bond donors (Lipinski definition) is 0. The summed E-state index contributed by atoms with van der Waals surface area (Å²) in [5.41, 5.74) is 0.903. The average molecular weight is 176 g/mol. The summed E-state index contributed by atoms with van der Waals surface area (Å²) in [4.78, 5) is 18.5. The first kappa shape index (κ1) is 9.70. The van der Waals surface area contributed by atoms with Crippen molar-refractivity contribution in [3.05, 3.63) is 18.0 Å². The Bertz CT molecular complexity index is 287. The third-order valence-electron chi connectivity index (χ3n) is 1.38. The number of hydrogen-bond acceptors (Lipinski definition) is 4. The van der Waals surface area contributed by atoms with Crippen LogP contribution >= 0.6 is 0 Å². The highest BCUT2D eigenvalue weighted by Crippen LogP contribution is 1.95. The molecule has 0 atom stereocenters. The molecule has 5 heteroatoms. The van der Waals surface area contributed by atoms with Crippen molar-refractivity contribution in [1.29, 1.82) is 0 Å². The van der Waals surface area contributed by atoms with Crippen LogP contribution in [0.2, 0.25) is 0 Å². The summed E-state index contributed by atoms with van der Waals surface area (Å²) in [6.07, 6.45) is 3.21. The second kappa shape index (κ2) is 4.59. The highest BCUT2D eigenvalue weighted by atomic mass is 16.5. The van der Waals surface area contributed by atoms with E-state index in [0.717, 1.165) is 0 Å². The highest BCUT2D eigenvalue weighted by Gasteiger charge is 2.03. The van der Waals surface area contributed by atoms with Crippen LogP contribution in [0.3, 0.4) is 0 Å². The Labute approximate surface area is 77.8 Å². The standard InChI is InChI=1S/C8H9BN2O2/c1-2-13-7(12)3-6-4-10-8(9)11-5-6/h4-5H,2-3H2,1H3. The smallest absolute Gasteiger partial charge is 0.310 e. The number of carbonyl (C=O) groups is 1. The molecule has 0 amide bonds. The molecule has 0 aliphatic heterocycles. The Balaban J connectivity index is 2.54. The van der Waals surface area contributed by atoms with E-state index in [9.17, 15) is 4.79 Å². The van der Waals surface area contributed by atoms with E-state index < -0.39 is 0 Å². The van der Waals surface area contributed by atoms with Crippen molar-refractivity contribution >= 4 is 19.5 Å². The fourth-order valence-corrected chi connectivity index (χ4v) is 0.835. The first-order chi connectivity index (χ1) is 6.22. The molecule has 1 heterocycles. The van der Waals surface area contributed by atoms with E-state index in [4.69, 9.17) is 12.6 Å². The van der Waals surface area contributed by atoms with Gasteiger partial charge in [-0.3, -0.25) is 14.8 Å². The van der Waals surface area contributed by atoms with Crippen molar-refractivity contribution in [1.82, 2.24) is 9.97 Å². The van der Waals surface area contributed by atoms with E-state index in [2.05, 4.69) is 9.97 Å². The molecule has 0 N–H and O–H groups in total. The minimum Gasteiger partial charge on any atom is -0.466 e. The van der Waals surface area contributed by atoms with Gasteiger partial charge < -0.3 is 4.74 Å². The van der Waals surface area contributed by atoms with Gasteiger partial charge in [0.1, 0.15) is 0 Å². The van der Waals surface area contributed by atoms with Gasteiger partial charge in [-0.15, -0.1) is 0 Å². The minimum absolute atomic E-state index is 0.189. The maximum absolute atomic E-state index is 11.0. The third kappa shape index (κ3) is 3.23. The van der Waals surface area contributed by atoms with E-state index in [1.165, 1.54) is 12.4 Å². The normalized spacial score (nSPS) is 9.62. The summed E-state index contributed by atoms with van der Waals surface area (Å²) in [7, 11) is 5.28. The Morgan fingerprint density at radius 3 is 2.69 bits per heavy atom. The lowest BCUT2D eigenvalue weighted by atomic mass is 10.1. The molecule has 13 heavy (non-hydrogen) atoms. The highest BCUT2D eigenvalue weighted by molar-refractivity contribution is 6.28. The third-order valence-corrected chi connectivity index (χ3v) is 1.38. The maximum Gasteiger partial charge on any atom is 0.310 e. The zero-order chi connectivity index (χ0) is 9.68. The number of rotatable bonds is 3. The molecular formula is C8H9BN2O2. The fraction of sp³-hybridized carbons (Fsp3) is 0.375. The van der Waals surface area contributed by atoms with Gasteiger partial charge in [0.05, 0.1) is 18.8 Å². The van der Waals surface area contributed by atoms with Gasteiger partial charge >= 0.3 is 5.97 Å². The van der Waals surface area contributed by atoms with Gasteiger partial charge in [0.25, 0.3) is 0 Å². The Kier molecular flexibility index (Phi) is 3.43. The molecule has 1 aromatic heterocycles. The second-order valence-corrected chi connectivity index (χ2v) is 2.43. The lowest BCUT2D eigenvalue weighted by molar-refractivity contribution is -0.142. The predicted molar refractivity (Wildman–Crippen MR) is 47.8 cm³/mol. The van der Waals surface area contributed by atoms with Crippen LogP contribution in [0.25, 0.3) is 0 Å². The van der Waals surface area contributed by atoms with Crippen molar-refractivity contribution < 1.29 is 9.53 Å². The molecule has 0 saturated heterocycles. The first-order valence-electron chi connectivity index (χ1n) is 3.94. The van der Waals surface area contributed by atoms with Crippen molar-refractivity contribution in [2.75, 3.05) is 6.61 Å². The minimum atomic E-state index is -0.282. The predicted octanol–water partition coefficient (Wildman–Crippen LogP) is -0.624. The molecule has 0 aliphatic carbocycles. The van der Waals surface area contributed by atoms with Gasteiger partial charge in [-0.05, 0) is 12.5 Å². The average Bonchev–Trinajstić information content (AvgIpc) is 2.09. The maximum atomic E-state index is 11.0. The van der Waals surface area contributed by atoms with E-state index in [1.807, 2.05) is 0 Å². The van der Waals surface area contributed by atoms with Gasteiger partial charge in [0.15, 0.2) is 7.85 Å². The SMILES string of the molecule is [B]c1ncc(CC(=O)OCC)cn1. The summed E-state index contributed by atoms with van der Waals surface area (Å²) in [6, 6.07) is 0. The van der Waals surface area contributed by atoms with Crippen LogP contribution in [0.5, 0.6) is 0 Å². The van der Waals surface area contributed by atoms with Gasteiger partial charge in [-0.2, -0.15) is 0 Å². The van der Waals surface area contributed by atoms with Crippen LogP contribution in [-0.4, -0.2) is 30.4 Å². The number of ether oxygens (including phenoxy) is 1. The van der Waals surface area contributed by atoms with Crippen molar-refractivity contribution in [2.24, 2.45) is 0 Å². The Morgan fingerprint density at radius 1 is 1.54 bits per heavy atom. The molecule has 0 spiro atoms. The molecule has 1 rings (SSSR count). The van der Waals surface area contributed by atoms with Crippen molar-refractivity contribution in [3.8, 4) is 0 Å². The summed E-state index contributed by atoms with van der Waals surface area (Å²) in [6.45, 7) is 2.14. The van der Waals surface area contributed by atoms with Crippen LogP contribution in [0.4, 0.5) is 0 Å². The quantitative estimate of drug-likeness (QED) is 0.454. The molecule has 0 bridgehead atoms. The van der Waals surface area contributed by atoms with E-state index >= 15 is 0 Å². The second-order valence-electron chi connectivity index (χ2n) is 2.43. The van der Waals surface area contributed by atoms with Crippen LogP contribution in [0.15, 0.2) is 12.4 Å². The molecule has 1 aromatic rings. The van der Waals surface area contributed by atoms with Crippen LogP contribution in [0.1, 0.15) is 12.5 Å². The fourth-order valence-electron chi connectivity index (χ4n) is 0.835. The molecule has 4 nitrogen and oxygen atoms in total. The molecule has 66 valence electrons. The molecule has 0 aliphatic rings. The summed E-state index contributed by atoms with van der Waals surface area (Å²) >= 11 is 0. The monoisotopic (exact) mass is 176 g/mol. The molecular weight excluding hydrogens is 167 g/mol. The zero-order valence-corrected chi connectivity index (χ0v) is 7.36. The van der Waals surface area contributed by atoms with Gasteiger partial charge in [-0.1, -0.05) is 0 Å². The van der Waals surface area contributed by atoms with Gasteiger partial charge in [0, 0.05) is 12.4 Å². The van der Waals surface area contributed by atoms with E-state index in [-0.39, 0.29) is 18.1 Å². The lowest BCUT2D eigenvalue weighted by Crippen LogP contribution is -2.14. The molecule has 0 aromatic carbocycles. The van der Waals surface area contributed by atoms with Crippen molar-refractivity contribution in [2.45, 2.75) is 13.3 Å². The summed E-state index contributed by atoms with van der Waals surface area (Å²) in [5.74, 6) is -0.282.